The molecule has 35 heavy (non-hydrogen) atoms. The number of anilines is 1. The highest BCUT2D eigenvalue weighted by Crippen LogP contribution is 2.35. The number of nitrogens with zero attached hydrogens (tertiary/aromatic N) is 4. The van der Waals surface area contributed by atoms with Crippen molar-refractivity contribution in [2.75, 3.05) is 38.2 Å². The lowest BCUT2D eigenvalue weighted by Crippen LogP contribution is -2.49. The van der Waals surface area contributed by atoms with Gasteiger partial charge in [-0.05, 0) is 55.8 Å². The highest BCUT2D eigenvalue weighted by Gasteiger charge is 2.22. The van der Waals surface area contributed by atoms with Crippen LogP contribution in [0.15, 0.2) is 64.5 Å². The molecule has 0 spiro atoms. The lowest BCUT2D eigenvalue weighted by atomic mass is 10.2. The summed E-state index contributed by atoms with van der Waals surface area (Å²) in [6, 6.07) is 15.4. The Hall–Kier alpha value is -3.30. The predicted octanol–water partition coefficient (Wildman–Crippen LogP) is 3.84. The molecular weight excluding hydrogens is 462 g/mol. The highest BCUT2D eigenvalue weighted by molar-refractivity contribution is 7.99. The van der Waals surface area contributed by atoms with Crippen LogP contribution < -0.4 is 20.1 Å². The molecule has 2 aromatic carbocycles. The number of primary amides is 1. The number of hydrogen-bond acceptors (Lipinski definition) is 8. The summed E-state index contributed by atoms with van der Waals surface area (Å²) in [4.78, 5) is 27.3. The van der Waals surface area contributed by atoms with E-state index in [9.17, 15) is 4.79 Å². The largest absolute Gasteiger partial charge is 0.497 e. The molecule has 0 saturated carbocycles. The lowest BCUT2D eigenvalue weighted by molar-refractivity contribution is 0.1000. The van der Waals surface area contributed by atoms with Gasteiger partial charge in [0.2, 0.25) is 17.7 Å². The molecule has 0 aliphatic carbocycles. The smallest absolute Gasteiger partial charge is 0.248 e. The summed E-state index contributed by atoms with van der Waals surface area (Å²) in [6.07, 6.45) is 1.81. The van der Waals surface area contributed by atoms with Crippen molar-refractivity contribution in [1.82, 2.24) is 14.9 Å². The summed E-state index contributed by atoms with van der Waals surface area (Å²) >= 11 is 1.48. The molecule has 0 radical (unpaired) electrons. The van der Waals surface area contributed by atoms with Gasteiger partial charge in [0.15, 0.2) is 0 Å². The topological polar surface area (TPSA) is 93.8 Å². The van der Waals surface area contributed by atoms with Gasteiger partial charge in [-0.2, -0.15) is 4.98 Å². The molecule has 184 valence electrons. The number of amides is 1. The molecule has 1 saturated heterocycles. The number of ether oxygens (including phenoxy) is 2. The number of carbonyl (C=O) groups is 1. The fourth-order valence-electron chi connectivity index (χ4n) is 3.84. The number of carbonyl (C=O) groups excluding carboxylic acids is 1. The molecule has 1 fully saturated rings. The molecule has 1 aliphatic rings. The number of benzene rings is 2. The molecule has 0 bridgehead atoms. The fraction of sp³-hybridized carbons (Fsp3) is 0.346. The zero-order valence-corrected chi connectivity index (χ0v) is 21.1. The predicted molar refractivity (Wildman–Crippen MR) is 137 cm³/mol. The van der Waals surface area contributed by atoms with E-state index in [4.69, 9.17) is 20.2 Å². The average molecular weight is 494 g/mol. The lowest BCUT2D eigenvalue weighted by Gasteiger charge is -2.36. The summed E-state index contributed by atoms with van der Waals surface area (Å²) in [6.45, 7) is 8.48. The summed E-state index contributed by atoms with van der Waals surface area (Å²) in [5.41, 5.74) is 6.82. The number of aromatic nitrogens is 2. The van der Waals surface area contributed by atoms with E-state index in [1.807, 2.05) is 42.6 Å². The van der Waals surface area contributed by atoms with Crippen LogP contribution in [0.1, 0.15) is 29.8 Å². The van der Waals surface area contributed by atoms with Crippen molar-refractivity contribution in [3.05, 3.63) is 65.9 Å². The minimum atomic E-state index is -0.450. The molecule has 2 heterocycles. The summed E-state index contributed by atoms with van der Waals surface area (Å²) in [7, 11) is 1.65. The van der Waals surface area contributed by atoms with E-state index in [1.165, 1.54) is 11.8 Å². The first kappa shape index (κ1) is 24.8. The van der Waals surface area contributed by atoms with Crippen LogP contribution in [0.25, 0.3) is 0 Å². The van der Waals surface area contributed by atoms with Gasteiger partial charge in [0.05, 0.1) is 18.2 Å². The third-order valence-electron chi connectivity index (χ3n) is 5.91. The van der Waals surface area contributed by atoms with Gasteiger partial charge >= 0.3 is 0 Å². The van der Waals surface area contributed by atoms with Crippen LogP contribution in [0.3, 0.4) is 0 Å². The maximum atomic E-state index is 11.4. The van der Waals surface area contributed by atoms with Crippen LogP contribution in [0.4, 0.5) is 5.95 Å². The van der Waals surface area contributed by atoms with Crippen LogP contribution in [0.5, 0.6) is 11.6 Å². The van der Waals surface area contributed by atoms with Gasteiger partial charge in [0, 0.05) is 42.7 Å². The molecule has 8 nitrogen and oxygen atoms in total. The molecule has 0 unspecified atom stereocenters. The van der Waals surface area contributed by atoms with E-state index in [0.717, 1.165) is 47.3 Å². The van der Waals surface area contributed by atoms with Crippen LogP contribution in [-0.4, -0.2) is 60.1 Å². The van der Waals surface area contributed by atoms with Crippen molar-refractivity contribution >= 4 is 23.6 Å². The first-order valence-electron chi connectivity index (χ1n) is 11.6. The van der Waals surface area contributed by atoms with E-state index >= 15 is 0 Å². The number of piperazine rings is 1. The zero-order valence-electron chi connectivity index (χ0n) is 20.3. The van der Waals surface area contributed by atoms with Crippen molar-refractivity contribution in [3.8, 4) is 11.6 Å². The Morgan fingerprint density at radius 3 is 2.51 bits per heavy atom. The zero-order chi connectivity index (χ0) is 24.8. The van der Waals surface area contributed by atoms with Crippen LogP contribution in [0.2, 0.25) is 0 Å². The van der Waals surface area contributed by atoms with Gasteiger partial charge < -0.3 is 20.1 Å². The van der Waals surface area contributed by atoms with E-state index in [-0.39, 0.29) is 0 Å². The number of hydrogen-bond donors (Lipinski definition) is 1. The second-order valence-corrected chi connectivity index (χ2v) is 9.70. The Kier molecular flexibility index (Phi) is 8.09. The van der Waals surface area contributed by atoms with Gasteiger partial charge in [-0.1, -0.05) is 23.9 Å². The minimum absolute atomic E-state index is 0.350. The summed E-state index contributed by atoms with van der Waals surface area (Å²) < 4.78 is 11.5. The number of methoxy groups -OCH3 is 1. The first-order chi connectivity index (χ1) is 16.9. The maximum absolute atomic E-state index is 11.4. The second-order valence-electron chi connectivity index (χ2n) is 8.59. The molecule has 1 aliphatic heterocycles. The third kappa shape index (κ3) is 6.43. The molecular formula is C26H31N5O3S. The van der Waals surface area contributed by atoms with Crippen LogP contribution >= 0.6 is 11.8 Å². The maximum Gasteiger partial charge on any atom is 0.248 e. The van der Waals surface area contributed by atoms with E-state index < -0.39 is 5.91 Å². The van der Waals surface area contributed by atoms with Gasteiger partial charge in [0.25, 0.3) is 0 Å². The third-order valence-corrected chi connectivity index (χ3v) is 6.92. The van der Waals surface area contributed by atoms with Crippen LogP contribution in [-0.2, 0) is 6.61 Å². The van der Waals surface area contributed by atoms with Crippen molar-refractivity contribution < 1.29 is 14.3 Å². The Labute approximate surface area is 210 Å². The Morgan fingerprint density at radius 2 is 1.86 bits per heavy atom. The SMILES string of the molecule is COc1cccc(COc2nc(N3CCN(C(C)C)CC3)ncc2Sc2ccc(C(N)=O)cc2)c1. The standard InChI is InChI=1S/C26H31N5O3S/c1-18(2)30-11-13-31(14-12-30)26-28-16-23(35-22-9-7-20(8-10-22)24(27)32)25(29-26)34-17-19-5-4-6-21(15-19)33-3/h4-10,15-16,18H,11-14,17H2,1-3H3,(H2,27,32). The van der Waals surface area contributed by atoms with Gasteiger partial charge in [-0.3, -0.25) is 9.69 Å². The minimum Gasteiger partial charge on any atom is -0.497 e. The Morgan fingerprint density at radius 1 is 1.11 bits per heavy atom. The van der Waals surface area contributed by atoms with Crippen molar-refractivity contribution in [2.45, 2.75) is 36.3 Å². The Bertz CT molecular complexity index is 1150. The molecule has 1 aromatic heterocycles. The first-order valence-corrected chi connectivity index (χ1v) is 12.4. The van der Waals surface area contributed by atoms with Crippen molar-refractivity contribution in [3.63, 3.8) is 0 Å². The summed E-state index contributed by atoms with van der Waals surface area (Å²) in [5, 5.41) is 0. The second kappa shape index (κ2) is 11.4. The van der Waals surface area contributed by atoms with E-state index in [2.05, 4.69) is 28.6 Å². The fourth-order valence-corrected chi connectivity index (χ4v) is 4.66. The summed E-state index contributed by atoms with van der Waals surface area (Å²) in [5.74, 6) is 1.52. The van der Waals surface area contributed by atoms with Gasteiger partial charge in [-0.25, -0.2) is 4.98 Å². The van der Waals surface area contributed by atoms with Crippen LogP contribution in [0, 0.1) is 0 Å². The van der Waals surface area contributed by atoms with Crippen molar-refractivity contribution in [1.29, 1.82) is 0 Å². The molecule has 1 amide bonds. The quantitative estimate of drug-likeness (QED) is 0.481. The van der Waals surface area contributed by atoms with E-state index in [1.54, 1.807) is 19.2 Å². The highest BCUT2D eigenvalue weighted by atomic mass is 32.2. The Balaban J connectivity index is 1.56. The molecule has 4 rings (SSSR count). The van der Waals surface area contributed by atoms with Crippen molar-refractivity contribution in [2.24, 2.45) is 5.73 Å². The monoisotopic (exact) mass is 493 g/mol. The van der Waals surface area contributed by atoms with E-state index in [0.29, 0.717) is 30.0 Å². The van der Waals surface area contributed by atoms with Gasteiger partial charge in [0.1, 0.15) is 12.4 Å². The normalized spacial score (nSPS) is 14.2. The average Bonchev–Trinajstić information content (AvgIpc) is 2.88. The molecule has 2 N–H and O–H groups in total. The number of rotatable bonds is 9. The molecule has 0 atom stereocenters. The van der Waals surface area contributed by atoms with Gasteiger partial charge in [-0.15, -0.1) is 0 Å². The number of nitrogens with two attached hydrogens (primary N) is 1. The molecule has 9 heteroatoms. The molecule has 3 aromatic rings.